The quantitative estimate of drug-likeness (QED) is 0.148. The molecule has 7 heteroatoms. The average molecular weight is 558 g/mol. The van der Waals surface area contributed by atoms with E-state index in [2.05, 4.69) is 50.9 Å². The highest BCUT2D eigenvalue weighted by atomic mass is 32.2. The second-order valence-corrected chi connectivity index (χ2v) is 11.9. The Bertz CT molecular complexity index is 1180. The van der Waals surface area contributed by atoms with Gasteiger partial charge in [0.05, 0.1) is 24.9 Å². The van der Waals surface area contributed by atoms with Crippen LogP contribution in [0.3, 0.4) is 0 Å². The summed E-state index contributed by atoms with van der Waals surface area (Å²) in [5.74, 6) is 4.61. The highest BCUT2D eigenvalue weighted by Crippen LogP contribution is 2.27. The van der Waals surface area contributed by atoms with Gasteiger partial charge in [0.2, 0.25) is 11.6 Å². The Morgan fingerprint density at radius 1 is 0.921 bits per heavy atom. The molecule has 1 unspecified atom stereocenters. The second-order valence-electron chi connectivity index (χ2n) is 9.46. The van der Waals surface area contributed by atoms with E-state index in [0.717, 1.165) is 59.8 Å². The van der Waals surface area contributed by atoms with Crippen molar-refractivity contribution in [3.05, 3.63) is 57.9 Å². The lowest BCUT2D eigenvalue weighted by Gasteiger charge is -2.11. The third-order valence-electron chi connectivity index (χ3n) is 6.54. The number of pyridine rings is 1. The molecule has 0 radical (unpaired) electrons. The zero-order chi connectivity index (χ0) is 27.2. The summed E-state index contributed by atoms with van der Waals surface area (Å²) in [4.78, 5) is 17.4. The van der Waals surface area contributed by atoms with Crippen LogP contribution in [0.1, 0.15) is 64.5 Å². The van der Waals surface area contributed by atoms with E-state index in [9.17, 15) is 4.79 Å². The molecule has 0 bridgehead atoms. The number of nitrogens with zero attached hydrogens (tertiary/aromatic N) is 1. The first-order valence-electron chi connectivity index (χ1n) is 14.0. The van der Waals surface area contributed by atoms with Crippen molar-refractivity contribution in [2.24, 2.45) is 0 Å². The summed E-state index contributed by atoms with van der Waals surface area (Å²) >= 11 is 3.80. The number of fused-ring (bicyclic) bond motifs is 1. The van der Waals surface area contributed by atoms with E-state index in [-0.39, 0.29) is 5.63 Å². The van der Waals surface area contributed by atoms with Gasteiger partial charge in [0, 0.05) is 34.5 Å². The minimum atomic E-state index is -0.363. The zero-order valence-electron chi connectivity index (χ0n) is 23.4. The van der Waals surface area contributed by atoms with E-state index in [0.29, 0.717) is 29.9 Å². The van der Waals surface area contributed by atoms with Crippen LogP contribution in [0.5, 0.6) is 5.88 Å². The van der Waals surface area contributed by atoms with Crippen LogP contribution in [-0.2, 0) is 17.6 Å². The van der Waals surface area contributed by atoms with Crippen LogP contribution in [0.25, 0.3) is 22.2 Å². The Morgan fingerprint density at radius 2 is 1.71 bits per heavy atom. The Labute approximate surface area is 236 Å². The summed E-state index contributed by atoms with van der Waals surface area (Å²) in [6, 6.07) is 12.1. The molecule has 0 aliphatic heterocycles. The number of ether oxygens (including phenoxy) is 2. The number of hydrogen-bond acceptors (Lipinski definition) is 7. The van der Waals surface area contributed by atoms with Gasteiger partial charge in [0.15, 0.2) is 0 Å². The average Bonchev–Trinajstić information content (AvgIpc) is 2.93. The van der Waals surface area contributed by atoms with Gasteiger partial charge in [-0.1, -0.05) is 51.8 Å². The van der Waals surface area contributed by atoms with Crippen molar-refractivity contribution in [1.82, 2.24) is 4.98 Å². The first kappa shape index (κ1) is 30.6. The van der Waals surface area contributed by atoms with Crippen molar-refractivity contribution in [3.63, 3.8) is 0 Å². The molecule has 0 N–H and O–H groups in total. The van der Waals surface area contributed by atoms with Crippen LogP contribution in [0, 0.1) is 0 Å². The van der Waals surface area contributed by atoms with Crippen LogP contribution in [0.15, 0.2) is 45.6 Å². The number of thioether (sulfide) groups is 2. The fraction of sp³-hybridized carbons (Fsp3) is 0.548. The summed E-state index contributed by atoms with van der Waals surface area (Å²) < 4.78 is 17.2. The number of rotatable bonds is 18. The second kappa shape index (κ2) is 16.9. The number of hydrogen-bond donors (Lipinski definition) is 0. The molecular weight excluding hydrogens is 514 g/mol. The predicted octanol–water partition coefficient (Wildman–Crippen LogP) is 7.81. The molecule has 208 valence electrons. The van der Waals surface area contributed by atoms with Gasteiger partial charge < -0.3 is 13.9 Å². The third-order valence-corrected chi connectivity index (χ3v) is 8.69. The summed E-state index contributed by atoms with van der Waals surface area (Å²) in [7, 11) is 0. The van der Waals surface area contributed by atoms with Gasteiger partial charge in [-0.15, -0.1) is 0 Å². The first-order chi connectivity index (χ1) is 18.5. The van der Waals surface area contributed by atoms with Crippen molar-refractivity contribution < 1.29 is 13.9 Å². The molecule has 5 nitrogen and oxygen atoms in total. The molecule has 1 aromatic carbocycles. The first-order valence-corrected chi connectivity index (χ1v) is 16.3. The number of aryl methyl sites for hydroxylation is 2. The summed E-state index contributed by atoms with van der Waals surface area (Å²) in [6.45, 7) is 10.0. The smallest absolute Gasteiger partial charge is 0.345 e. The molecule has 2 aromatic heterocycles. The monoisotopic (exact) mass is 557 g/mol. The SMILES string of the molecule is CCCCCc1ccc(-c2cc3ccc(OCCSCCSCCOC(C)CC)nc3oc2=O)c(CC)c1. The summed E-state index contributed by atoms with van der Waals surface area (Å²) in [5, 5.41) is 0.796. The van der Waals surface area contributed by atoms with E-state index in [1.807, 2.05) is 41.7 Å². The number of benzene rings is 1. The Hall–Kier alpha value is -1.96. The highest BCUT2D eigenvalue weighted by Gasteiger charge is 2.13. The van der Waals surface area contributed by atoms with E-state index in [1.54, 1.807) is 0 Å². The maximum Gasteiger partial charge on any atom is 0.345 e. The lowest BCUT2D eigenvalue weighted by molar-refractivity contribution is 0.0759. The van der Waals surface area contributed by atoms with Gasteiger partial charge in [-0.2, -0.15) is 28.5 Å². The molecule has 0 saturated carbocycles. The van der Waals surface area contributed by atoms with Crippen LogP contribution in [0.4, 0.5) is 0 Å². The standard InChI is InChI=1S/C31H43NO4S2/c1-5-8-9-10-24-11-13-27(25(7-3)21-24)28-22-26-12-14-29(32-30(26)36-31(28)33)35-16-18-38-20-19-37-17-15-34-23(4)6-2/h11-14,21-23H,5-10,15-20H2,1-4H3. The summed E-state index contributed by atoms with van der Waals surface area (Å²) in [5.41, 5.74) is 3.99. The molecule has 0 fully saturated rings. The van der Waals surface area contributed by atoms with Crippen LogP contribution in [-0.4, -0.2) is 47.3 Å². The van der Waals surface area contributed by atoms with Crippen molar-refractivity contribution >= 4 is 34.6 Å². The minimum Gasteiger partial charge on any atom is -0.477 e. The fourth-order valence-electron chi connectivity index (χ4n) is 4.14. The van der Waals surface area contributed by atoms with Gasteiger partial charge in [0.1, 0.15) is 0 Å². The van der Waals surface area contributed by atoms with Crippen LogP contribution < -0.4 is 10.4 Å². The Kier molecular flexibility index (Phi) is 13.6. The molecule has 0 saturated heterocycles. The minimum absolute atomic E-state index is 0.314. The number of aromatic nitrogens is 1. The largest absolute Gasteiger partial charge is 0.477 e. The van der Waals surface area contributed by atoms with Crippen molar-refractivity contribution in [2.45, 2.75) is 72.3 Å². The molecule has 38 heavy (non-hydrogen) atoms. The third kappa shape index (κ3) is 9.65. The molecule has 0 aliphatic carbocycles. The summed E-state index contributed by atoms with van der Waals surface area (Å²) in [6.07, 6.45) is 7.00. The highest BCUT2D eigenvalue weighted by molar-refractivity contribution is 8.02. The molecule has 0 spiro atoms. The van der Waals surface area contributed by atoms with Gasteiger partial charge in [-0.05, 0) is 61.4 Å². The zero-order valence-corrected chi connectivity index (χ0v) is 25.1. The maximum atomic E-state index is 12.9. The maximum absolute atomic E-state index is 12.9. The van der Waals surface area contributed by atoms with Crippen molar-refractivity contribution in [1.29, 1.82) is 0 Å². The van der Waals surface area contributed by atoms with Crippen LogP contribution in [0.2, 0.25) is 0 Å². The predicted molar refractivity (Wildman–Crippen MR) is 164 cm³/mol. The van der Waals surface area contributed by atoms with Gasteiger partial charge in [-0.25, -0.2) is 4.79 Å². The molecule has 3 rings (SSSR count). The molecule has 3 aromatic rings. The molecule has 1 atom stereocenters. The molecule has 0 aliphatic rings. The lowest BCUT2D eigenvalue weighted by atomic mass is 9.95. The van der Waals surface area contributed by atoms with Crippen LogP contribution >= 0.6 is 23.5 Å². The molecular formula is C31H43NO4S2. The Morgan fingerprint density at radius 3 is 2.45 bits per heavy atom. The van der Waals surface area contributed by atoms with Gasteiger partial charge in [-0.3, -0.25) is 0 Å². The normalized spacial score (nSPS) is 12.2. The van der Waals surface area contributed by atoms with Gasteiger partial charge in [0.25, 0.3) is 0 Å². The topological polar surface area (TPSA) is 61.6 Å². The van der Waals surface area contributed by atoms with Crippen molar-refractivity contribution in [3.8, 4) is 17.0 Å². The fourth-order valence-corrected chi connectivity index (χ4v) is 5.91. The van der Waals surface area contributed by atoms with Crippen molar-refractivity contribution in [2.75, 3.05) is 36.2 Å². The molecule has 2 heterocycles. The van der Waals surface area contributed by atoms with Gasteiger partial charge >= 0.3 is 5.63 Å². The Balaban J connectivity index is 1.51. The lowest BCUT2D eigenvalue weighted by Crippen LogP contribution is -2.09. The molecule has 0 amide bonds. The van der Waals surface area contributed by atoms with E-state index >= 15 is 0 Å². The van der Waals surface area contributed by atoms with E-state index in [4.69, 9.17) is 13.9 Å². The van der Waals surface area contributed by atoms with E-state index < -0.39 is 0 Å². The van der Waals surface area contributed by atoms with E-state index in [1.165, 1.54) is 30.4 Å². The number of unbranched alkanes of at least 4 members (excludes halogenated alkanes) is 2.